The molecule has 3 aromatic carbocycles. The number of para-hydroxylation sites is 3. The van der Waals surface area contributed by atoms with Crippen molar-refractivity contribution in [3.8, 4) is 17.2 Å². The molecular weight excluding hydrogens is 472 g/mol. The maximum absolute atomic E-state index is 13.3. The van der Waals surface area contributed by atoms with Crippen molar-refractivity contribution in [1.82, 2.24) is 0 Å². The van der Waals surface area contributed by atoms with Crippen molar-refractivity contribution in [2.24, 2.45) is 0 Å². The van der Waals surface area contributed by atoms with Crippen molar-refractivity contribution in [2.75, 3.05) is 23.3 Å². The molecule has 1 aromatic heterocycles. The van der Waals surface area contributed by atoms with Gasteiger partial charge in [-0.05, 0) is 60.0 Å². The van der Waals surface area contributed by atoms with Crippen molar-refractivity contribution in [2.45, 2.75) is 4.21 Å². The Morgan fingerprint density at radius 1 is 0.882 bits per heavy atom. The van der Waals surface area contributed by atoms with E-state index in [0.29, 0.717) is 28.6 Å². The Bertz CT molecular complexity index is 1340. The number of anilines is 2. The summed E-state index contributed by atoms with van der Waals surface area (Å²) < 4.78 is 39.0. The average molecular weight is 495 g/mol. The minimum atomic E-state index is -3.96. The van der Waals surface area contributed by atoms with Gasteiger partial charge in [-0.15, -0.1) is 11.3 Å². The van der Waals surface area contributed by atoms with E-state index in [1.54, 1.807) is 72.1 Å². The zero-order chi connectivity index (χ0) is 24.0. The van der Waals surface area contributed by atoms with E-state index < -0.39 is 22.5 Å². The summed E-state index contributed by atoms with van der Waals surface area (Å²) in [6.45, 7) is -0.424. The van der Waals surface area contributed by atoms with Crippen molar-refractivity contribution in [3.05, 3.63) is 96.4 Å². The summed E-state index contributed by atoms with van der Waals surface area (Å²) in [5, 5.41) is 4.46. The molecule has 1 heterocycles. The summed E-state index contributed by atoms with van der Waals surface area (Å²) >= 11 is 1.09. The summed E-state index contributed by atoms with van der Waals surface area (Å²) in [6, 6.07) is 25.8. The summed E-state index contributed by atoms with van der Waals surface area (Å²) in [7, 11) is -2.43. The smallest absolute Gasteiger partial charge is 0.274 e. The minimum Gasteiger partial charge on any atom is -0.497 e. The van der Waals surface area contributed by atoms with Crippen LogP contribution in [0.5, 0.6) is 17.2 Å². The van der Waals surface area contributed by atoms with E-state index >= 15 is 0 Å². The second-order valence-electron chi connectivity index (χ2n) is 7.10. The van der Waals surface area contributed by atoms with Gasteiger partial charge in [-0.2, -0.15) is 0 Å². The van der Waals surface area contributed by atoms with Gasteiger partial charge in [0, 0.05) is 0 Å². The molecule has 1 amide bonds. The molecule has 1 N–H and O–H groups in total. The highest BCUT2D eigenvalue weighted by Gasteiger charge is 2.28. The van der Waals surface area contributed by atoms with Gasteiger partial charge in [-0.1, -0.05) is 36.4 Å². The number of thiophene rings is 1. The van der Waals surface area contributed by atoms with Crippen LogP contribution in [0.15, 0.2) is 101 Å². The van der Waals surface area contributed by atoms with E-state index in [1.165, 1.54) is 13.2 Å². The number of nitrogens with one attached hydrogen (secondary N) is 1. The molecule has 0 aliphatic heterocycles. The molecule has 0 radical (unpaired) electrons. The average Bonchev–Trinajstić information content (AvgIpc) is 3.41. The molecule has 34 heavy (non-hydrogen) atoms. The Kier molecular flexibility index (Phi) is 7.15. The zero-order valence-corrected chi connectivity index (χ0v) is 19.9. The van der Waals surface area contributed by atoms with Gasteiger partial charge >= 0.3 is 0 Å². The van der Waals surface area contributed by atoms with Crippen LogP contribution in [0.25, 0.3) is 0 Å². The Labute approximate surface area is 202 Å². The van der Waals surface area contributed by atoms with Gasteiger partial charge in [0.25, 0.3) is 10.0 Å². The summed E-state index contributed by atoms with van der Waals surface area (Å²) in [4.78, 5) is 13.0. The van der Waals surface area contributed by atoms with Crippen molar-refractivity contribution in [3.63, 3.8) is 0 Å². The molecular formula is C25H22N2O5S2. The molecule has 0 bridgehead atoms. The fourth-order valence-electron chi connectivity index (χ4n) is 3.18. The third-order valence-electron chi connectivity index (χ3n) is 4.82. The Hall–Kier alpha value is -3.82. The zero-order valence-electron chi connectivity index (χ0n) is 18.2. The lowest BCUT2D eigenvalue weighted by Crippen LogP contribution is -2.37. The predicted molar refractivity (Wildman–Crippen MR) is 133 cm³/mol. The molecule has 0 spiro atoms. The number of methoxy groups -OCH3 is 1. The van der Waals surface area contributed by atoms with E-state index in [2.05, 4.69) is 5.32 Å². The highest BCUT2D eigenvalue weighted by Crippen LogP contribution is 2.31. The van der Waals surface area contributed by atoms with Gasteiger partial charge in [0.1, 0.15) is 22.3 Å². The van der Waals surface area contributed by atoms with Crippen LogP contribution in [0, 0.1) is 0 Å². The number of nitrogens with zero attached hydrogens (tertiary/aromatic N) is 1. The molecule has 0 aliphatic carbocycles. The second-order valence-corrected chi connectivity index (χ2v) is 10.1. The Morgan fingerprint density at radius 3 is 2.26 bits per heavy atom. The molecule has 4 aromatic rings. The lowest BCUT2D eigenvalue weighted by Gasteiger charge is -2.23. The summed E-state index contributed by atoms with van der Waals surface area (Å²) in [5.41, 5.74) is 0.776. The first kappa shape index (κ1) is 23.3. The number of ether oxygens (including phenoxy) is 2. The van der Waals surface area contributed by atoms with E-state index in [1.807, 2.05) is 18.2 Å². The van der Waals surface area contributed by atoms with Crippen molar-refractivity contribution >= 4 is 38.6 Å². The molecule has 0 atom stereocenters. The molecule has 4 rings (SSSR count). The largest absolute Gasteiger partial charge is 0.497 e. The number of amides is 1. The van der Waals surface area contributed by atoms with Gasteiger partial charge in [0.05, 0.1) is 18.5 Å². The predicted octanol–water partition coefficient (Wildman–Crippen LogP) is 5.38. The van der Waals surface area contributed by atoms with Crippen LogP contribution >= 0.6 is 11.3 Å². The fraction of sp³-hybridized carbons (Fsp3) is 0.0800. The van der Waals surface area contributed by atoms with Crippen molar-refractivity contribution in [1.29, 1.82) is 0 Å². The van der Waals surface area contributed by atoms with Crippen LogP contribution in [0.3, 0.4) is 0 Å². The van der Waals surface area contributed by atoms with E-state index in [9.17, 15) is 13.2 Å². The first-order chi connectivity index (χ1) is 16.5. The van der Waals surface area contributed by atoms with Gasteiger partial charge in [-0.3, -0.25) is 9.10 Å². The van der Waals surface area contributed by atoms with Crippen LogP contribution in [-0.2, 0) is 14.8 Å². The van der Waals surface area contributed by atoms with Gasteiger partial charge in [-0.25, -0.2) is 8.42 Å². The molecule has 0 aliphatic rings. The van der Waals surface area contributed by atoms with Crippen LogP contribution in [-0.4, -0.2) is 28.0 Å². The second kappa shape index (κ2) is 10.4. The molecule has 174 valence electrons. The van der Waals surface area contributed by atoms with Gasteiger partial charge in [0.15, 0.2) is 5.75 Å². The lowest BCUT2D eigenvalue weighted by molar-refractivity contribution is -0.114. The number of rotatable bonds is 9. The third kappa shape index (κ3) is 5.38. The summed E-state index contributed by atoms with van der Waals surface area (Å²) in [6.07, 6.45) is 0. The quantitative estimate of drug-likeness (QED) is 0.338. The normalized spacial score (nSPS) is 11.0. The highest BCUT2D eigenvalue weighted by molar-refractivity contribution is 7.94. The van der Waals surface area contributed by atoms with Crippen LogP contribution in [0.4, 0.5) is 11.4 Å². The number of hydrogen-bond donors (Lipinski definition) is 1. The Morgan fingerprint density at radius 2 is 1.59 bits per heavy atom. The number of sulfonamides is 1. The molecule has 0 fully saturated rings. The summed E-state index contributed by atoms with van der Waals surface area (Å²) in [5.74, 6) is 1.12. The first-order valence-electron chi connectivity index (χ1n) is 10.3. The fourth-order valence-corrected chi connectivity index (χ4v) is 5.70. The molecule has 7 nitrogen and oxygen atoms in total. The van der Waals surface area contributed by atoms with Crippen LogP contribution in [0.2, 0.25) is 0 Å². The molecule has 0 unspecified atom stereocenters. The topological polar surface area (TPSA) is 84.9 Å². The maximum atomic E-state index is 13.3. The monoisotopic (exact) mass is 494 g/mol. The van der Waals surface area contributed by atoms with Gasteiger partial charge in [0.2, 0.25) is 5.91 Å². The minimum absolute atomic E-state index is 0.143. The van der Waals surface area contributed by atoms with Crippen LogP contribution in [0.1, 0.15) is 0 Å². The molecule has 9 heteroatoms. The number of carbonyl (C=O) groups excluding carboxylic acids is 1. The van der Waals surface area contributed by atoms with E-state index in [0.717, 1.165) is 15.6 Å². The number of carbonyl (C=O) groups is 1. The molecule has 0 saturated carbocycles. The standard InChI is InChI=1S/C25H22N2O5S2/c1-31-20-15-13-19(14-16-20)27(34(29,30)25-12-7-17-33-25)18-24(28)26-22-10-5-6-11-23(22)32-21-8-3-2-4-9-21/h2-17H,18H2,1H3,(H,26,28). The van der Waals surface area contributed by atoms with E-state index in [-0.39, 0.29) is 4.21 Å². The number of hydrogen-bond acceptors (Lipinski definition) is 6. The molecule has 0 saturated heterocycles. The first-order valence-corrected chi connectivity index (χ1v) is 12.6. The Balaban J connectivity index is 1.59. The highest BCUT2D eigenvalue weighted by atomic mass is 32.2. The van der Waals surface area contributed by atoms with E-state index in [4.69, 9.17) is 9.47 Å². The number of benzene rings is 3. The maximum Gasteiger partial charge on any atom is 0.274 e. The third-order valence-corrected chi connectivity index (χ3v) is 7.97. The van der Waals surface area contributed by atoms with Crippen LogP contribution < -0.4 is 19.1 Å². The SMILES string of the molecule is COc1ccc(N(CC(=O)Nc2ccccc2Oc2ccccc2)S(=O)(=O)c2cccs2)cc1. The van der Waals surface area contributed by atoms with Crippen molar-refractivity contribution < 1.29 is 22.7 Å². The lowest BCUT2D eigenvalue weighted by atomic mass is 10.2. The van der Waals surface area contributed by atoms with Gasteiger partial charge < -0.3 is 14.8 Å².